The highest BCUT2D eigenvalue weighted by atomic mass is 19.1. The molecule has 3 heteroatoms. The van der Waals surface area contributed by atoms with Gasteiger partial charge in [0.2, 0.25) is 0 Å². The third kappa shape index (κ3) is 3.46. The zero-order chi connectivity index (χ0) is 14.9. The van der Waals surface area contributed by atoms with Crippen molar-refractivity contribution in [3.05, 3.63) is 35.6 Å². The SMILES string of the molecule is CC(C)NCC1(Cc2cccc(F)c2)CCOC1C1CC1. The number of rotatable bonds is 6. The lowest BCUT2D eigenvalue weighted by Crippen LogP contribution is -2.45. The molecule has 2 unspecified atom stereocenters. The molecule has 1 aliphatic carbocycles. The minimum absolute atomic E-state index is 0.124. The standard InChI is InChI=1S/C18H26FNO/c1-13(2)20-12-18(8-9-21-17(18)15-6-7-15)11-14-4-3-5-16(19)10-14/h3-5,10,13,15,17,20H,6-9,11-12H2,1-2H3. The van der Waals surface area contributed by atoms with Crippen LogP contribution in [0.4, 0.5) is 4.39 Å². The maximum absolute atomic E-state index is 13.5. The highest BCUT2D eigenvalue weighted by Crippen LogP contribution is 2.49. The summed E-state index contributed by atoms with van der Waals surface area (Å²) in [5.74, 6) is 0.580. The van der Waals surface area contributed by atoms with Crippen LogP contribution in [0, 0.1) is 17.2 Å². The van der Waals surface area contributed by atoms with Gasteiger partial charge in [-0.25, -0.2) is 4.39 Å². The van der Waals surface area contributed by atoms with Gasteiger partial charge in [-0.05, 0) is 49.3 Å². The highest BCUT2D eigenvalue weighted by Gasteiger charge is 2.50. The second kappa shape index (κ2) is 6.05. The van der Waals surface area contributed by atoms with E-state index in [1.807, 2.05) is 12.1 Å². The topological polar surface area (TPSA) is 21.3 Å². The van der Waals surface area contributed by atoms with Crippen molar-refractivity contribution in [3.63, 3.8) is 0 Å². The summed E-state index contributed by atoms with van der Waals surface area (Å²) in [6.07, 6.45) is 4.90. The minimum atomic E-state index is -0.138. The first-order chi connectivity index (χ1) is 10.1. The van der Waals surface area contributed by atoms with Crippen LogP contribution in [-0.4, -0.2) is 25.3 Å². The van der Waals surface area contributed by atoms with Crippen LogP contribution in [0.15, 0.2) is 24.3 Å². The molecule has 2 atom stereocenters. The zero-order valence-corrected chi connectivity index (χ0v) is 13.1. The van der Waals surface area contributed by atoms with Crippen molar-refractivity contribution in [1.29, 1.82) is 0 Å². The molecule has 21 heavy (non-hydrogen) atoms. The van der Waals surface area contributed by atoms with Crippen molar-refractivity contribution in [2.75, 3.05) is 13.2 Å². The molecule has 2 nitrogen and oxygen atoms in total. The fourth-order valence-electron chi connectivity index (χ4n) is 3.64. The lowest BCUT2D eigenvalue weighted by atomic mass is 9.74. The van der Waals surface area contributed by atoms with E-state index in [2.05, 4.69) is 19.2 Å². The van der Waals surface area contributed by atoms with E-state index in [1.54, 1.807) is 6.07 Å². The molecule has 1 saturated heterocycles. The highest BCUT2D eigenvalue weighted by molar-refractivity contribution is 5.20. The van der Waals surface area contributed by atoms with E-state index in [-0.39, 0.29) is 11.2 Å². The molecule has 0 radical (unpaired) electrons. The molecule has 0 aromatic heterocycles. The van der Waals surface area contributed by atoms with E-state index >= 15 is 0 Å². The van der Waals surface area contributed by atoms with Gasteiger partial charge >= 0.3 is 0 Å². The molecule has 1 heterocycles. The molecule has 0 amide bonds. The monoisotopic (exact) mass is 291 g/mol. The van der Waals surface area contributed by atoms with Crippen LogP contribution in [0.3, 0.4) is 0 Å². The van der Waals surface area contributed by atoms with Crippen LogP contribution in [0.2, 0.25) is 0 Å². The first kappa shape index (κ1) is 15.0. The van der Waals surface area contributed by atoms with Crippen LogP contribution in [0.1, 0.15) is 38.7 Å². The summed E-state index contributed by atoms with van der Waals surface area (Å²) < 4.78 is 19.6. The second-order valence-corrected chi connectivity index (χ2v) is 7.08. The molecule has 1 aliphatic heterocycles. The molecule has 116 valence electrons. The van der Waals surface area contributed by atoms with Crippen molar-refractivity contribution in [2.24, 2.45) is 11.3 Å². The summed E-state index contributed by atoms with van der Waals surface area (Å²) in [6.45, 7) is 6.16. The van der Waals surface area contributed by atoms with Crippen LogP contribution >= 0.6 is 0 Å². The summed E-state index contributed by atoms with van der Waals surface area (Å²) in [5.41, 5.74) is 1.22. The minimum Gasteiger partial charge on any atom is -0.377 e. The van der Waals surface area contributed by atoms with E-state index in [1.165, 1.54) is 18.9 Å². The van der Waals surface area contributed by atoms with Crippen molar-refractivity contribution >= 4 is 0 Å². The van der Waals surface area contributed by atoms with E-state index in [9.17, 15) is 4.39 Å². The molecule has 0 spiro atoms. The Morgan fingerprint density at radius 3 is 2.86 bits per heavy atom. The fraction of sp³-hybridized carbons (Fsp3) is 0.667. The molecule has 0 bridgehead atoms. The van der Waals surface area contributed by atoms with Crippen LogP contribution < -0.4 is 5.32 Å². The van der Waals surface area contributed by atoms with Crippen molar-refractivity contribution in [1.82, 2.24) is 5.32 Å². The van der Waals surface area contributed by atoms with E-state index in [0.717, 1.165) is 37.5 Å². The van der Waals surface area contributed by atoms with Crippen molar-refractivity contribution < 1.29 is 9.13 Å². The number of ether oxygens (including phenoxy) is 1. The number of hydrogen-bond acceptors (Lipinski definition) is 2. The second-order valence-electron chi connectivity index (χ2n) is 7.08. The molecule has 1 aromatic rings. The quantitative estimate of drug-likeness (QED) is 0.865. The van der Waals surface area contributed by atoms with Gasteiger partial charge < -0.3 is 10.1 Å². The van der Waals surface area contributed by atoms with Crippen LogP contribution in [-0.2, 0) is 11.2 Å². The predicted molar refractivity (Wildman–Crippen MR) is 82.8 cm³/mol. The maximum Gasteiger partial charge on any atom is 0.123 e. The van der Waals surface area contributed by atoms with Gasteiger partial charge in [0, 0.05) is 24.6 Å². The Bertz CT molecular complexity index is 486. The molecule has 1 saturated carbocycles. The lowest BCUT2D eigenvalue weighted by Gasteiger charge is -2.35. The fourth-order valence-corrected chi connectivity index (χ4v) is 3.64. The third-order valence-electron chi connectivity index (χ3n) is 4.86. The van der Waals surface area contributed by atoms with Gasteiger partial charge in [-0.1, -0.05) is 26.0 Å². The summed E-state index contributed by atoms with van der Waals surface area (Å²) in [7, 11) is 0. The first-order valence-corrected chi connectivity index (χ1v) is 8.18. The molecular weight excluding hydrogens is 265 g/mol. The summed E-state index contributed by atoms with van der Waals surface area (Å²) >= 11 is 0. The summed E-state index contributed by atoms with van der Waals surface area (Å²) in [5, 5.41) is 3.60. The van der Waals surface area contributed by atoms with Crippen molar-refractivity contribution in [2.45, 2.75) is 51.7 Å². The Labute approximate surface area is 127 Å². The number of nitrogens with one attached hydrogen (secondary N) is 1. The Hall–Kier alpha value is -0.930. The molecule has 3 rings (SSSR count). The zero-order valence-electron chi connectivity index (χ0n) is 13.1. The number of hydrogen-bond donors (Lipinski definition) is 1. The number of benzene rings is 1. The van der Waals surface area contributed by atoms with Crippen LogP contribution in [0.5, 0.6) is 0 Å². The normalized spacial score (nSPS) is 29.2. The van der Waals surface area contributed by atoms with Gasteiger partial charge in [0.05, 0.1) is 6.10 Å². The smallest absolute Gasteiger partial charge is 0.123 e. The first-order valence-electron chi connectivity index (χ1n) is 8.18. The largest absolute Gasteiger partial charge is 0.377 e. The predicted octanol–water partition coefficient (Wildman–Crippen LogP) is 3.55. The third-order valence-corrected chi connectivity index (χ3v) is 4.86. The Kier molecular flexibility index (Phi) is 4.32. The molecule has 2 aliphatic rings. The van der Waals surface area contributed by atoms with Gasteiger partial charge in [-0.15, -0.1) is 0 Å². The van der Waals surface area contributed by atoms with Gasteiger partial charge in [-0.3, -0.25) is 0 Å². The van der Waals surface area contributed by atoms with Crippen LogP contribution in [0.25, 0.3) is 0 Å². The summed E-state index contributed by atoms with van der Waals surface area (Å²) in [6, 6.07) is 7.53. The Balaban J connectivity index is 1.81. The number of halogens is 1. The van der Waals surface area contributed by atoms with Gasteiger partial charge in [0.1, 0.15) is 5.82 Å². The Morgan fingerprint density at radius 1 is 1.38 bits per heavy atom. The maximum atomic E-state index is 13.5. The van der Waals surface area contributed by atoms with Gasteiger partial charge in [0.15, 0.2) is 0 Å². The average molecular weight is 291 g/mol. The average Bonchev–Trinajstić information content (AvgIpc) is 3.19. The molecular formula is C18H26FNO. The molecule has 1 N–H and O–H groups in total. The Morgan fingerprint density at radius 2 is 2.19 bits per heavy atom. The van der Waals surface area contributed by atoms with E-state index < -0.39 is 0 Å². The lowest BCUT2D eigenvalue weighted by molar-refractivity contribution is 0.0298. The molecule has 1 aromatic carbocycles. The van der Waals surface area contributed by atoms with Gasteiger partial charge in [-0.2, -0.15) is 0 Å². The van der Waals surface area contributed by atoms with E-state index in [0.29, 0.717) is 12.1 Å². The summed E-state index contributed by atoms with van der Waals surface area (Å²) in [4.78, 5) is 0. The van der Waals surface area contributed by atoms with E-state index in [4.69, 9.17) is 4.74 Å². The van der Waals surface area contributed by atoms with Crippen molar-refractivity contribution in [3.8, 4) is 0 Å². The molecule has 2 fully saturated rings. The van der Waals surface area contributed by atoms with Gasteiger partial charge in [0.25, 0.3) is 0 Å².